The summed E-state index contributed by atoms with van der Waals surface area (Å²) in [6.07, 6.45) is 2.50. The number of carbonyl (C=O) groups excluding carboxylic acids is 2. The van der Waals surface area contributed by atoms with E-state index in [-0.39, 0.29) is 28.4 Å². The first kappa shape index (κ1) is 22.0. The van der Waals surface area contributed by atoms with E-state index >= 15 is 0 Å². The van der Waals surface area contributed by atoms with Crippen LogP contribution in [0.5, 0.6) is 17.2 Å². The van der Waals surface area contributed by atoms with Crippen LogP contribution in [0.15, 0.2) is 70.9 Å². The highest BCUT2D eigenvalue weighted by Crippen LogP contribution is 2.22. The van der Waals surface area contributed by atoms with Crippen molar-refractivity contribution in [2.45, 2.75) is 6.92 Å². The molecule has 0 spiro atoms. The molecule has 0 heterocycles. The third kappa shape index (κ3) is 5.28. The number of phenolic OH excluding ortho intramolecular Hbond substituents is 3. The lowest BCUT2D eigenvalue weighted by Gasteiger charge is -2.06. The van der Waals surface area contributed by atoms with E-state index in [0.717, 1.165) is 5.56 Å². The van der Waals surface area contributed by atoms with Gasteiger partial charge in [0.05, 0.1) is 23.6 Å². The summed E-state index contributed by atoms with van der Waals surface area (Å²) in [4.78, 5) is 24.2. The predicted octanol–water partition coefficient (Wildman–Crippen LogP) is 2.64. The third-order valence-electron chi connectivity index (χ3n) is 4.35. The van der Waals surface area contributed by atoms with Gasteiger partial charge in [-0.2, -0.15) is 10.2 Å². The Hall–Kier alpha value is -4.66. The SMILES string of the molecule is Cc1cc(/C=N/NC(=O)c2ccccc2O)c(O)c(/C=N/NC(=O)c2ccccc2O)c1. The molecule has 162 valence electrons. The van der Waals surface area contributed by atoms with Crippen molar-refractivity contribution in [1.29, 1.82) is 0 Å². The van der Waals surface area contributed by atoms with Gasteiger partial charge in [-0.1, -0.05) is 24.3 Å². The number of hydrogen-bond acceptors (Lipinski definition) is 7. The predicted molar refractivity (Wildman–Crippen MR) is 119 cm³/mol. The van der Waals surface area contributed by atoms with Crippen LogP contribution in [0, 0.1) is 6.92 Å². The van der Waals surface area contributed by atoms with Gasteiger partial charge >= 0.3 is 0 Å². The van der Waals surface area contributed by atoms with Crippen LogP contribution in [0.3, 0.4) is 0 Å². The number of carbonyl (C=O) groups is 2. The van der Waals surface area contributed by atoms with Crippen LogP contribution in [-0.2, 0) is 0 Å². The van der Waals surface area contributed by atoms with Crippen molar-refractivity contribution in [3.05, 3.63) is 88.5 Å². The Kier molecular flexibility index (Phi) is 6.81. The van der Waals surface area contributed by atoms with Gasteiger partial charge in [-0.05, 0) is 48.9 Å². The number of nitrogens with zero attached hydrogens (tertiary/aromatic N) is 2. The van der Waals surface area contributed by atoms with Crippen molar-refractivity contribution in [3.8, 4) is 17.2 Å². The normalized spacial score (nSPS) is 11.0. The topological polar surface area (TPSA) is 144 Å². The van der Waals surface area contributed by atoms with Gasteiger partial charge in [-0.25, -0.2) is 10.9 Å². The molecule has 0 aliphatic rings. The van der Waals surface area contributed by atoms with E-state index in [4.69, 9.17) is 0 Å². The zero-order valence-corrected chi connectivity index (χ0v) is 17.0. The van der Waals surface area contributed by atoms with Gasteiger partial charge in [0.25, 0.3) is 11.8 Å². The number of amides is 2. The second-order valence-corrected chi connectivity index (χ2v) is 6.72. The standard InChI is InChI=1S/C23H20N4O5/c1-14-10-15(12-24-26-22(31)17-6-2-4-8-19(17)28)21(30)16(11-14)13-25-27-23(32)18-7-3-5-9-20(18)29/h2-13,28-30H,1H3,(H,26,31)(H,27,32)/b24-12+,25-13+. The quantitative estimate of drug-likeness (QED) is 0.300. The van der Waals surface area contributed by atoms with Crippen molar-refractivity contribution >= 4 is 24.2 Å². The summed E-state index contributed by atoms with van der Waals surface area (Å²) >= 11 is 0. The van der Waals surface area contributed by atoms with E-state index in [1.54, 1.807) is 43.3 Å². The van der Waals surface area contributed by atoms with E-state index in [0.29, 0.717) is 11.1 Å². The summed E-state index contributed by atoms with van der Waals surface area (Å²) in [6.45, 7) is 1.79. The molecule has 9 heteroatoms. The van der Waals surface area contributed by atoms with Gasteiger partial charge in [0.2, 0.25) is 0 Å². The number of benzene rings is 3. The van der Waals surface area contributed by atoms with Crippen molar-refractivity contribution in [2.75, 3.05) is 0 Å². The maximum atomic E-state index is 12.1. The summed E-state index contributed by atoms with van der Waals surface area (Å²) in [7, 11) is 0. The molecular formula is C23H20N4O5. The number of hydrazone groups is 2. The molecule has 32 heavy (non-hydrogen) atoms. The molecule has 9 nitrogen and oxygen atoms in total. The Bertz CT molecular complexity index is 1130. The van der Waals surface area contributed by atoms with Gasteiger partial charge in [-0.15, -0.1) is 0 Å². The van der Waals surface area contributed by atoms with Gasteiger partial charge in [0, 0.05) is 11.1 Å². The average Bonchev–Trinajstić information content (AvgIpc) is 2.77. The molecule has 0 bridgehead atoms. The summed E-state index contributed by atoms with van der Waals surface area (Å²) in [5.74, 6) is -1.75. The molecule has 0 aliphatic carbocycles. The summed E-state index contributed by atoms with van der Waals surface area (Å²) in [6, 6.07) is 15.3. The van der Waals surface area contributed by atoms with Crippen LogP contribution >= 0.6 is 0 Å². The lowest BCUT2D eigenvalue weighted by atomic mass is 10.1. The van der Waals surface area contributed by atoms with Crippen molar-refractivity contribution in [3.63, 3.8) is 0 Å². The Labute approximate surface area is 183 Å². The minimum absolute atomic E-state index is 0.0612. The van der Waals surface area contributed by atoms with Crippen LogP contribution in [-0.4, -0.2) is 39.6 Å². The van der Waals surface area contributed by atoms with E-state index in [1.807, 2.05) is 0 Å². The number of phenols is 3. The first-order valence-corrected chi connectivity index (χ1v) is 9.43. The largest absolute Gasteiger partial charge is 0.507 e. The smallest absolute Gasteiger partial charge is 0.275 e. The van der Waals surface area contributed by atoms with E-state index < -0.39 is 11.8 Å². The highest BCUT2D eigenvalue weighted by Gasteiger charge is 2.11. The van der Waals surface area contributed by atoms with E-state index in [9.17, 15) is 24.9 Å². The lowest BCUT2D eigenvalue weighted by Crippen LogP contribution is -2.18. The summed E-state index contributed by atoms with van der Waals surface area (Å²) in [5, 5.41) is 37.5. The van der Waals surface area contributed by atoms with Crippen molar-refractivity contribution < 1.29 is 24.9 Å². The average molecular weight is 432 g/mol. The van der Waals surface area contributed by atoms with Crippen molar-refractivity contribution in [1.82, 2.24) is 10.9 Å². The Balaban J connectivity index is 1.71. The summed E-state index contributed by atoms with van der Waals surface area (Å²) < 4.78 is 0. The molecule has 0 radical (unpaired) electrons. The highest BCUT2D eigenvalue weighted by atomic mass is 16.3. The number of aromatic hydroxyl groups is 3. The number of rotatable bonds is 6. The van der Waals surface area contributed by atoms with Gasteiger partial charge in [-0.3, -0.25) is 9.59 Å². The fourth-order valence-electron chi connectivity index (χ4n) is 2.81. The molecule has 2 amide bonds. The maximum Gasteiger partial charge on any atom is 0.275 e. The molecule has 0 saturated carbocycles. The second kappa shape index (κ2) is 9.90. The van der Waals surface area contributed by atoms with Crippen LogP contribution < -0.4 is 10.9 Å². The molecular weight excluding hydrogens is 412 g/mol. The van der Waals surface area contributed by atoms with Crippen molar-refractivity contribution in [2.24, 2.45) is 10.2 Å². The maximum absolute atomic E-state index is 12.1. The van der Waals surface area contributed by atoms with Gasteiger partial charge < -0.3 is 15.3 Å². The monoisotopic (exact) mass is 432 g/mol. The molecule has 3 rings (SSSR count). The number of nitrogens with one attached hydrogen (secondary N) is 2. The lowest BCUT2D eigenvalue weighted by molar-refractivity contribution is 0.0944. The van der Waals surface area contributed by atoms with Crippen LogP contribution in [0.1, 0.15) is 37.4 Å². The fraction of sp³-hybridized carbons (Fsp3) is 0.0435. The number of aryl methyl sites for hydroxylation is 1. The first-order chi connectivity index (χ1) is 15.4. The number of para-hydroxylation sites is 2. The second-order valence-electron chi connectivity index (χ2n) is 6.72. The minimum Gasteiger partial charge on any atom is -0.507 e. The molecule has 0 aliphatic heterocycles. The first-order valence-electron chi connectivity index (χ1n) is 9.43. The summed E-state index contributed by atoms with van der Waals surface area (Å²) in [5.41, 5.74) is 6.06. The van der Waals surface area contributed by atoms with Crippen LogP contribution in [0.2, 0.25) is 0 Å². The molecule has 3 aromatic carbocycles. The number of hydrogen-bond donors (Lipinski definition) is 5. The van der Waals surface area contributed by atoms with Crippen LogP contribution in [0.25, 0.3) is 0 Å². The van der Waals surface area contributed by atoms with E-state index in [1.165, 1.54) is 36.7 Å². The molecule has 0 atom stereocenters. The Morgan fingerprint density at radius 3 is 1.56 bits per heavy atom. The molecule has 0 saturated heterocycles. The third-order valence-corrected chi connectivity index (χ3v) is 4.35. The van der Waals surface area contributed by atoms with Gasteiger partial charge in [0.1, 0.15) is 17.2 Å². The zero-order chi connectivity index (χ0) is 23.1. The van der Waals surface area contributed by atoms with E-state index in [2.05, 4.69) is 21.1 Å². The zero-order valence-electron chi connectivity index (χ0n) is 17.0. The highest BCUT2D eigenvalue weighted by molar-refractivity contribution is 5.99. The van der Waals surface area contributed by atoms with Crippen LogP contribution in [0.4, 0.5) is 0 Å². The fourth-order valence-corrected chi connectivity index (χ4v) is 2.81. The molecule has 0 aromatic heterocycles. The molecule has 3 aromatic rings. The molecule has 5 N–H and O–H groups in total. The Morgan fingerprint density at radius 2 is 1.16 bits per heavy atom. The minimum atomic E-state index is -0.611. The Morgan fingerprint density at radius 1 is 0.750 bits per heavy atom. The molecule has 0 unspecified atom stereocenters. The molecule has 0 fully saturated rings. The van der Waals surface area contributed by atoms with Gasteiger partial charge in [0.15, 0.2) is 0 Å².